The van der Waals surface area contributed by atoms with Gasteiger partial charge in [-0.2, -0.15) is 5.26 Å². The topological polar surface area (TPSA) is 40.2 Å². The first-order valence-corrected chi connectivity index (χ1v) is 6.98. The summed E-state index contributed by atoms with van der Waals surface area (Å²) >= 11 is 0. The Bertz CT molecular complexity index is 817. The molecule has 0 spiro atoms. The number of anilines is 1. The molecule has 2 aromatic heterocycles. The second-order valence-electron chi connectivity index (χ2n) is 5.36. The van der Waals surface area contributed by atoms with Crippen LogP contribution in [0.2, 0.25) is 0 Å². The molecular formula is C18H17N3. The zero-order valence-electron chi connectivity index (χ0n) is 12.2. The van der Waals surface area contributed by atoms with Gasteiger partial charge in [0.25, 0.3) is 0 Å². The van der Waals surface area contributed by atoms with E-state index in [0.717, 1.165) is 22.3 Å². The number of nitriles is 1. The van der Waals surface area contributed by atoms with Crippen LogP contribution in [0.15, 0.2) is 48.8 Å². The lowest BCUT2D eigenvalue weighted by molar-refractivity contribution is 1.11. The Morgan fingerprint density at radius 2 is 1.90 bits per heavy atom. The van der Waals surface area contributed by atoms with E-state index in [2.05, 4.69) is 43.4 Å². The van der Waals surface area contributed by atoms with E-state index < -0.39 is 0 Å². The number of nitrogens with one attached hydrogen (secondary N) is 1. The van der Waals surface area contributed by atoms with Crippen LogP contribution in [0.1, 0.15) is 22.3 Å². The van der Waals surface area contributed by atoms with Crippen molar-refractivity contribution in [2.45, 2.75) is 20.4 Å². The Balaban J connectivity index is 1.90. The van der Waals surface area contributed by atoms with E-state index in [4.69, 9.17) is 0 Å². The molecule has 0 saturated carbocycles. The number of nitrogens with zero attached hydrogens (tertiary/aromatic N) is 2. The molecule has 3 rings (SSSR count). The number of benzene rings is 1. The summed E-state index contributed by atoms with van der Waals surface area (Å²) in [5, 5.41) is 12.8. The Labute approximate surface area is 124 Å². The molecule has 21 heavy (non-hydrogen) atoms. The van der Waals surface area contributed by atoms with Gasteiger partial charge < -0.3 is 9.72 Å². The maximum atomic E-state index is 9.40. The predicted molar refractivity (Wildman–Crippen MR) is 85.4 cm³/mol. The summed E-state index contributed by atoms with van der Waals surface area (Å²) in [5.74, 6) is 0. The van der Waals surface area contributed by atoms with E-state index in [1.165, 1.54) is 11.1 Å². The number of aryl methyl sites for hydroxylation is 2. The molecule has 3 nitrogen and oxygen atoms in total. The summed E-state index contributed by atoms with van der Waals surface area (Å²) in [6, 6.07) is 14.6. The summed E-state index contributed by atoms with van der Waals surface area (Å²) in [5.41, 5.74) is 6.28. The third kappa shape index (κ3) is 2.61. The molecule has 0 fully saturated rings. The molecule has 0 saturated heterocycles. The first-order chi connectivity index (χ1) is 10.2. The van der Waals surface area contributed by atoms with Crippen molar-refractivity contribution in [2.24, 2.45) is 0 Å². The fraction of sp³-hybridized carbons (Fsp3) is 0.167. The van der Waals surface area contributed by atoms with Crippen molar-refractivity contribution < 1.29 is 0 Å². The minimum absolute atomic E-state index is 0.646. The Hall–Kier alpha value is -2.73. The first kappa shape index (κ1) is 13.3. The molecule has 3 heteroatoms. The third-order valence-corrected chi connectivity index (χ3v) is 3.58. The SMILES string of the molecule is Cc1cc(C)cc(NCc2cn3ccccc3c2C#N)c1. The van der Waals surface area contributed by atoms with Crippen molar-refractivity contribution in [3.63, 3.8) is 0 Å². The van der Waals surface area contributed by atoms with Gasteiger partial charge in [-0.15, -0.1) is 0 Å². The van der Waals surface area contributed by atoms with Crippen molar-refractivity contribution in [3.8, 4) is 6.07 Å². The number of fused-ring (bicyclic) bond motifs is 1. The molecule has 0 unspecified atom stereocenters. The fourth-order valence-electron chi connectivity index (χ4n) is 2.71. The van der Waals surface area contributed by atoms with Crippen LogP contribution in [0.5, 0.6) is 0 Å². The van der Waals surface area contributed by atoms with Crippen LogP contribution in [0.25, 0.3) is 5.52 Å². The molecule has 0 aliphatic heterocycles. The highest BCUT2D eigenvalue weighted by Gasteiger charge is 2.09. The lowest BCUT2D eigenvalue weighted by Gasteiger charge is -2.08. The Morgan fingerprint density at radius 1 is 1.14 bits per heavy atom. The van der Waals surface area contributed by atoms with Crippen LogP contribution in [0, 0.1) is 25.2 Å². The predicted octanol–water partition coefficient (Wildman–Crippen LogP) is 4.04. The van der Waals surface area contributed by atoms with Gasteiger partial charge >= 0.3 is 0 Å². The average molecular weight is 275 g/mol. The zero-order chi connectivity index (χ0) is 14.8. The van der Waals surface area contributed by atoms with Crippen LogP contribution >= 0.6 is 0 Å². The highest BCUT2D eigenvalue weighted by molar-refractivity contribution is 5.65. The van der Waals surface area contributed by atoms with Gasteiger partial charge in [0.15, 0.2) is 0 Å². The molecule has 2 heterocycles. The number of rotatable bonds is 3. The van der Waals surface area contributed by atoms with E-state index >= 15 is 0 Å². The minimum atomic E-state index is 0.646. The molecule has 0 bridgehead atoms. The Morgan fingerprint density at radius 3 is 2.62 bits per heavy atom. The molecular weight excluding hydrogens is 258 g/mol. The van der Waals surface area contributed by atoms with Crippen molar-refractivity contribution in [1.82, 2.24) is 4.40 Å². The maximum absolute atomic E-state index is 9.40. The number of pyridine rings is 1. The summed E-state index contributed by atoms with van der Waals surface area (Å²) in [7, 11) is 0. The summed E-state index contributed by atoms with van der Waals surface area (Å²) in [4.78, 5) is 0. The monoisotopic (exact) mass is 275 g/mol. The molecule has 0 aliphatic carbocycles. The lowest BCUT2D eigenvalue weighted by Crippen LogP contribution is -2.00. The minimum Gasteiger partial charge on any atom is -0.381 e. The van der Waals surface area contributed by atoms with E-state index in [9.17, 15) is 5.26 Å². The molecule has 0 aliphatic rings. The number of hydrogen-bond donors (Lipinski definition) is 1. The van der Waals surface area contributed by atoms with E-state index in [0.29, 0.717) is 6.54 Å². The van der Waals surface area contributed by atoms with Gasteiger partial charge in [-0.25, -0.2) is 0 Å². The first-order valence-electron chi connectivity index (χ1n) is 6.98. The van der Waals surface area contributed by atoms with Gasteiger partial charge in [0.2, 0.25) is 0 Å². The van der Waals surface area contributed by atoms with Gasteiger partial charge in [-0.05, 0) is 49.2 Å². The fourth-order valence-corrected chi connectivity index (χ4v) is 2.71. The van der Waals surface area contributed by atoms with E-state index in [1.54, 1.807) is 0 Å². The van der Waals surface area contributed by atoms with Crippen LogP contribution in [-0.2, 0) is 6.54 Å². The van der Waals surface area contributed by atoms with Crippen LogP contribution in [0.3, 0.4) is 0 Å². The lowest BCUT2D eigenvalue weighted by atomic mass is 10.1. The Kier molecular flexibility index (Phi) is 3.37. The summed E-state index contributed by atoms with van der Waals surface area (Å²) in [6.07, 6.45) is 3.99. The van der Waals surface area contributed by atoms with Gasteiger partial charge in [-0.3, -0.25) is 0 Å². The maximum Gasteiger partial charge on any atom is 0.102 e. The highest BCUT2D eigenvalue weighted by atomic mass is 14.9. The molecule has 3 aromatic rings. The molecule has 0 radical (unpaired) electrons. The van der Waals surface area contributed by atoms with Gasteiger partial charge in [0.05, 0.1) is 11.1 Å². The van der Waals surface area contributed by atoms with Crippen molar-refractivity contribution in [2.75, 3.05) is 5.32 Å². The van der Waals surface area contributed by atoms with Gasteiger partial charge in [0, 0.05) is 30.2 Å². The summed E-state index contributed by atoms with van der Waals surface area (Å²) < 4.78 is 2.00. The average Bonchev–Trinajstić information content (AvgIpc) is 2.81. The van der Waals surface area contributed by atoms with Crippen molar-refractivity contribution in [1.29, 1.82) is 5.26 Å². The normalized spacial score (nSPS) is 10.5. The number of aromatic nitrogens is 1. The second-order valence-corrected chi connectivity index (χ2v) is 5.36. The molecule has 0 atom stereocenters. The van der Waals surface area contributed by atoms with Gasteiger partial charge in [-0.1, -0.05) is 12.1 Å². The van der Waals surface area contributed by atoms with Crippen LogP contribution in [-0.4, -0.2) is 4.40 Å². The van der Waals surface area contributed by atoms with Crippen LogP contribution < -0.4 is 5.32 Å². The quantitative estimate of drug-likeness (QED) is 0.783. The van der Waals surface area contributed by atoms with Gasteiger partial charge in [0.1, 0.15) is 6.07 Å². The molecule has 1 aromatic carbocycles. The highest BCUT2D eigenvalue weighted by Crippen LogP contribution is 2.20. The van der Waals surface area contributed by atoms with Crippen LogP contribution in [0.4, 0.5) is 5.69 Å². The standard InChI is InChI=1S/C18H17N3/c1-13-7-14(2)9-16(8-13)20-11-15-12-21-6-4-3-5-18(21)17(15)10-19/h3-9,12,20H,11H2,1-2H3. The van der Waals surface area contributed by atoms with E-state index in [-0.39, 0.29) is 0 Å². The van der Waals surface area contributed by atoms with E-state index in [1.807, 2.05) is 35.0 Å². The van der Waals surface area contributed by atoms with Crippen molar-refractivity contribution >= 4 is 11.2 Å². The third-order valence-electron chi connectivity index (χ3n) is 3.58. The molecule has 1 N–H and O–H groups in total. The molecule has 0 amide bonds. The number of hydrogen-bond acceptors (Lipinski definition) is 2. The van der Waals surface area contributed by atoms with Crippen molar-refractivity contribution in [3.05, 3.63) is 71.0 Å². The zero-order valence-corrected chi connectivity index (χ0v) is 12.2. The second kappa shape index (κ2) is 5.34. The molecule has 104 valence electrons. The smallest absolute Gasteiger partial charge is 0.102 e. The summed E-state index contributed by atoms with van der Waals surface area (Å²) in [6.45, 7) is 4.82. The largest absolute Gasteiger partial charge is 0.381 e.